The third-order valence-corrected chi connectivity index (χ3v) is 11.1. The van der Waals surface area contributed by atoms with Crippen LogP contribution in [0.3, 0.4) is 0 Å². The first-order valence-electron chi connectivity index (χ1n) is 17.4. The minimum absolute atomic E-state index is 1.11. The van der Waals surface area contributed by atoms with Crippen molar-refractivity contribution < 1.29 is 0 Å². The number of hydrogen-bond donors (Lipinski definition) is 0. The van der Waals surface area contributed by atoms with Gasteiger partial charge in [0.25, 0.3) is 0 Å². The summed E-state index contributed by atoms with van der Waals surface area (Å²) in [4.78, 5) is 2.42. The van der Waals surface area contributed by atoms with Crippen LogP contribution in [0, 0.1) is 0 Å². The molecule has 0 N–H and O–H groups in total. The predicted molar refractivity (Wildman–Crippen MR) is 219 cm³/mol. The summed E-state index contributed by atoms with van der Waals surface area (Å²) in [6, 6.07) is 70.5. The van der Waals surface area contributed by atoms with E-state index < -0.39 is 0 Å². The van der Waals surface area contributed by atoms with Gasteiger partial charge in [0.05, 0.1) is 11.0 Å². The minimum Gasteiger partial charge on any atom is -0.310 e. The number of aromatic nitrogens is 1. The predicted octanol–water partition coefficient (Wildman–Crippen LogP) is 14.0. The summed E-state index contributed by atoms with van der Waals surface area (Å²) in [6.45, 7) is 0. The van der Waals surface area contributed by atoms with Gasteiger partial charge in [0.15, 0.2) is 0 Å². The maximum absolute atomic E-state index is 2.43. The van der Waals surface area contributed by atoms with Crippen LogP contribution in [0.4, 0.5) is 17.1 Å². The molecule has 2 aromatic heterocycles. The Kier molecular flexibility index (Phi) is 7.04. The molecule has 0 amide bonds. The summed E-state index contributed by atoms with van der Waals surface area (Å²) in [5.41, 5.74) is 11.7. The quantitative estimate of drug-likeness (QED) is 0.171. The van der Waals surface area contributed by atoms with E-state index in [1.54, 1.807) is 0 Å². The van der Waals surface area contributed by atoms with Crippen molar-refractivity contribution in [2.24, 2.45) is 0 Å². The molecule has 10 rings (SSSR count). The first kappa shape index (κ1) is 29.5. The standard InChI is InChI=1S/C48H32N2S/c1-4-15-33(16-5-1)34-17-14-18-35(29-34)43-30-39(31-45-48(43)42-24-10-12-25-44(42)50(45)37-21-8-3-9-22-37)49(36-19-6-2-7-20-36)38-27-28-41-40-23-11-13-26-46(40)51-47(41)32-38/h1-32H. The molecule has 0 atom stereocenters. The Hall–Kier alpha value is -6.42. The average Bonchev–Trinajstić information content (AvgIpc) is 3.74. The van der Waals surface area contributed by atoms with Crippen LogP contribution in [0.1, 0.15) is 0 Å². The zero-order valence-electron chi connectivity index (χ0n) is 27.8. The lowest BCUT2D eigenvalue weighted by molar-refractivity contribution is 1.18. The van der Waals surface area contributed by atoms with Crippen LogP contribution in [-0.4, -0.2) is 4.57 Å². The van der Waals surface area contributed by atoms with E-state index in [0.29, 0.717) is 0 Å². The van der Waals surface area contributed by atoms with Gasteiger partial charge in [-0.1, -0.05) is 127 Å². The summed E-state index contributed by atoms with van der Waals surface area (Å²) >= 11 is 1.86. The van der Waals surface area contributed by atoms with E-state index in [-0.39, 0.29) is 0 Å². The highest BCUT2D eigenvalue weighted by Gasteiger charge is 2.22. The van der Waals surface area contributed by atoms with Crippen molar-refractivity contribution in [3.63, 3.8) is 0 Å². The average molecular weight is 669 g/mol. The van der Waals surface area contributed by atoms with Crippen LogP contribution in [0.5, 0.6) is 0 Å². The summed E-state index contributed by atoms with van der Waals surface area (Å²) in [6.07, 6.45) is 0. The molecule has 0 bridgehead atoms. The van der Waals surface area contributed by atoms with E-state index in [4.69, 9.17) is 0 Å². The van der Waals surface area contributed by atoms with Crippen molar-refractivity contribution in [3.8, 4) is 27.9 Å². The lowest BCUT2D eigenvalue weighted by atomic mass is 9.95. The van der Waals surface area contributed by atoms with E-state index in [9.17, 15) is 0 Å². The molecule has 8 aromatic carbocycles. The van der Waals surface area contributed by atoms with Crippen molar-refractivity contribution in [2.75, 3.05) is 4.90 Å². The van der Waals surface area contributed by atoms with E-state index in [1.807, 2.05) is 11.3 Å². The molecule has 0 aliphatic heterocycles. The molecule has 2 heterocycles. The van der Waals surface area contributed by atoms with E-state index in [2.05, 4.69) is 204 Å². The Bertz CT molecular complexity index is 2850. The molecule has 240 valence electrons. The number of fused-ring (bicyclic) bond motifs is 6. The summed E-state index contributed by atoms with van der Waals surface area (Å²) in [7, 11) is 0. The molecular formula is C48H32N2S. The molecule has 51 heavy (non-hydrogen) atoms. The SMILES string of the molecule is c1ccc(-c2cccc(-c3cc(N(c4ccccc4)c4ccc5c(c4)sc4ccccc45)cc4c3c3ccccc3n4-c3ccccc3)c2)cc1. The maximum Gasteiger partial charge on any atom is 0.0568 e. The van der Waals surface area contributed by atoms with Crippen molar-refractivity contribution in [1.82, 2.24) is 4.57 Å². The Balaban J connectivity index is 1.29. The Morgan fingerprint density at radius 1 is 0.373 bits per heavy atom. The molecule has 3 heteroatoms. The Labute approximate surface area is 300 Å². The Morgan fingerprint density at radius 3 is 1.84 bits per heavy atom. The second-order valence-electron chi connectivity index (χ2n) is 13.0. The van der Waals surface area contributed by atoms with Gasteiger partial charge in [-0.15, -0.1) is 11.3 Å². The lowest BCUT2D eigenvalue weighted by Gasteiger charge is -2.27. The molecule has 2 nitrogen and oxygen atoms in total. The van der Waals surface area contributed by atoms with Crippen molar-refractivity contribution in [1.29, 1.82) is 0 Å². The van der Waals surface area contributed by atoms with Crippen molar-refractivity contribution >= 4 is 70.4 Å². The van der Waals surface area contributed by atoms with Crippen LogP contribution in [-0.2, 0) is 0 Å². The fraction of sp³-hybridized carbons (Fsp3) is 0. The monoisotopic (exact) mass is 668 g/mol. The zero-order chi connectivity index (χ0) is 33.7. The van der Waals surface area contributed by atoms with Gasteiger partial charge in [-0.05, 0) is 89.0 Å². The van der Waals surface area contributed by atoms with Crippen molar-refractivity contribution in [3.05, 3.63) is 194 Å². The topological polar surface area (TPSA) is 8.17 Å². The van der Waals surface area contributed by atoms with Crippen LogP contribution in [0.2, 0.25) is 0 Å². The normalized spacial score (nSPS) is 11.5. The second-order valence-corrected chi connectivity index (χ2v) is 14.1. The molecule has 0 spiro atoms. The molecule has 10 aromatic rings. The van der Waals surface area contributed by atoms with Gasteiger partial charge in [0, 0.05) is 53.7 Å². The first-order chi connectivity index (χ1) is 25.3. The lowest BCUT2D eigenvalue weighted by Crippen LogP contribution is -2.10. The molecule has 0 aliphatic rings. The van der Waals surface area contributed by atoms with Gasteiger partial charge in [-0.3, -0.25) is 0 Å². The van der Waals surface area contributed by atoms with Gasteiger partial charge in [0.1, 0.15) is 0 Å². The molecule has 0 saturated carbocycles. The van der Waals surface area contributed by atoms with E-state index in [1.165, 1.54) is 64.2 Å². The number of nitrogens with zero attached hydrogens (tertiary/aromatic N) is 2. The van der Waals surface area contributed by atoms with Crippen LogP contribution < -0.4 is 4.90 Å². The molecule has 0 aliphatic carbocycles. The zero-order valence-corrected chi connectivity index (χ0v) is 28.6. The summed E-state index contributed by atoms with van der Waals surface area (Å²) in [5, 5.41) is 5.09. The summed E-state index contributed by atoms with van der Waals surface area (Å²) < 4.78 is 5.02. The smallest absolute Gasteiger partial charge is 0.0568 e. The first-order valence-corrected chi connectivity index (χ1v) is 18.2. The highest BCUT2D eigenvalue weighted by atomic mass is 32.1. The molecule has 0 saturated heterocycles. The number of hydrogen-bond acceptors (Lipinski definition) is 2. The van der Waals surface area contributed by atoms with Crippen LogP contribution in [0.15, 0.2) is 194 Å². The number of anilines is 3. The second kappa shape index (κ2) is 12.2. The number of benzene rings is 8. The molecule has 0 unspecified atom stereocenters. The third-order valence-electron chi connectivity index (χ3n) is 9.95. The highest BCUT2D eigenvalue weighted by molar-refractivity contribution is 7.25. The number of rotatable bonds is 6. The maximum atomic E-state index is 2.43. The number of para-hydroxylation sites is 3. The van der Waals surface area contributed by atoms with Gasteiger partial charge in [-0.25, -0.2) is 0 Å². The van der Waals surface area contributed by atoms with E-state index in [0.717, 1.165) is 22.7 Å². The van der Waals surface area contributed by atoms with E-state index >= 15 is 0 Å². The molecule has 0 fully saturated rings. The number of thiophene rings is 1. The van der Waals surface area contributed by atoms with Gasteiger partial charge >= 0.3 is 0 Å². The largest absolute Gasteiger partial charge is 0.310 e. The Morgan fingerprint density at radius 2 is 1.02 bits per heavy atom. The van der Waals surface area contributed by atoms with Gasteiger partial charge in [0.2, 0.25) is 0 Å². The van der Waals surface area contributed by atoms with Crippen LogP contribution in [0.25, 0.3) is 69.9 Å². The highest BCUT2D eigenvalue weighted by Crippen LogP contribution is 2.46. The minimum atomic E-state index is 1.11. The van der Waals surface area contributed by atoms with Crippen molar-refractivity contribution in [2.45, 2.75) is 0 Å². The van der Waals surface area contributed by atoms with Gasteiger partial charge in [-0.2, -0.15) is 0 Å². The van der Waals surface area contributed by atoms with Gasteiger partial charge < -0.3 is 9.47 Å². The molecular weight excluding hydrogens is 637 g/mol. The third kappa shape index (κ3) is 5.01. The van der Waals surface area contributed by atoms with Crippen LogP contribution >= 0.6 is 11.3 Å². The fourth-order valence-corrected chi connectivity index (χ4v) is 8.81. The summed E-state index contributed by atoms with van der Waals surface area (Å²) in [5.74, 6) is 0. The molecule has 0 radical (unpaired) electrons. The fourth-order valence-electron chi connectivity index (χ4n) is 7.67.